The van der Waals surface area contributed by atoms with Gasteiger partial charge in [-0.3, -0.25) is 4.79 Å². The fraction of sp³-hybridized carbons (Fsp3) is 0.412. The first kappa shape index (κ1) is 19.2. The van der Waals surface area contributed by atoms with E-state index in [1.807, 2.05) is 6.92 Å². The number of aryl methyl sites for hydroxylation is 1. The molecule has 5 nitrogen and oxygen atoms in total. The summed E-state index contributed by atoms with van der Waals surface area (Å²) in [6.07, 6.45) is -0.948. The number of hydrogen-bond donors (Lipinski definition) is 0. The second kappa shape index (κ2) is 9.33. The summed E-state index contributed by atoms with van der Waals surface area (Å²) in [6.45, 7) is 8.65. The lowest BCUT2D eigenvalue weighted by Gasteiger charge is -2.16. The van der Waals surface area contributed by atoms with Crippen LogP contribution in [0.15, 0.2) is 30.4 Å². The number of ether oxygens (including phenoxy) is 3. The molecule has 6 heteroatoms. The molecule has 0 saturated carbocycles. The average Bonchev–Trinajstić information content (AvgIpc) is 2.46. The first-order chi connectivity index (χ1) is 10.8. The van der Waals surface area contributed by atoms with Crippen LogP contribution in [0.5, 0.6) is 5.75 Å². The van der Waals surface area contributed by atoms with Gasteiger partial charge in [0.05, 0.1) is 6.61 Å². The fourth-order valence-corrected chi connectivity index (χ4v) is 2.01. The Labute approximate surface area is 141 Å². The molecule has 0 saturated heterocycles. The Kier molecular flexibility index (Phi) is 7.78. The van der Waals surface area contributed by atoms with E-state index in [9.17, 15) is 9.59 Å². The number of hydrogen-bond acceptors (Lipinski definition) is 5. The lowest BCUT2D eigenvalue weighted by Crippen LogP contribution is -2.31. The van der Waals surface area contributed by atoms with Gasteiger partial charge in [0, 0.05) is 5.02 Å². The first-order valence-corrected chi connectivity index (χ1v) is 7.57. The summed E-state index contributed by atoms with van der Waals surface area (Å²) < 4.78 is 15.6. The van der Waals surface area contributed by atoms with Crippen LogP contribution in [0.2, 0.25) is 5.02 Å². The molecular weight excluding hydrogens is 320 g/mol. The van der Waals surface area contributed by atoms with Gasteiger partial charge in [0.15, 0.2) is 11.9 Å². The topological polar surface area (TPSA) is 61.8 Å². The maximum absolute atomic E-state index is 11.8. The van der Waals surface area contributed by atoms with E-state index >= 15 is 0 Å². The summed E-state index contributed by atoms with van der Waals surface area (Å²) in [6, 6.07) is 5.12. The molecule has 0 spiro atoms. The fourth-order valence-electron chi connectivity index (χ4n) is 1.78. The molecule has 0 radical (unpaired) electrons. The third kappa shape index (κ3) is 6.42. The zero-order valence-electron chi connectivity index (χ0n) is 13.6. The van der Waals surface area contributed by atoms with Gasteiger partial charge in [-0.1, -0.05) is 18.2 Å². The normalized spacial score (nSPS) is 11.7. The highest BCUT2D eigenvalue weighted by Gasteiger charge is 2.22. The lowest BCUT2D eigenvalue weighted by atomic mass is 10.2. The van der Waals surface area contributed by atoms with E-state index in [0.717, 1.165) is 5.56 Å². The quantitative estimate of drug-likeness (QED) is 0.510. The minimum atomic E-state index is -0.948. The van der Waals surface area contributed by atoms with Crippen molar-refractivity contribution in [2.45, 2.75) is 26.9 Å². The van der Waals surface area contributed by atoms with Crippen molar-refractivity contribution in [2.75, 3.05) is 19.8 Å². The largest absolute Gasteiger partial charge is 0.485 e. The summed E-state index contributed by atoms with van der Waals surface area (Å²) in [5.74, 6) is -0.276. The molecule has 0 aromatic heterocycles. The number of ketones is 1. The van der Waals surface area contributed by atoms with Crippen LogP contribution in [-0.4, -0.2) is 37.7 Å². The molecule has 23 heavy (non-hydrogen) atoms. The molecular formula is C17H21ClO5. The Hall–Kier alpha value is -1.85. The van der Waals surface area contributed by atoms with E-state index in [1.54, 1.807) is 32.0 Å². The molecule has 1 aromatic rings. The van der Waals surface area contributed by atoms with Crippen molar-refractivity contribution in [3.8, 4) is 5.75 Å². The molecule has 126 valence electrons. The van der Waals surface area contributed by atoms with Crippen molar-refractivity contribution < 1.29 is 23.8 Å². The summed E-state index contributed by atoms with van der Waals surface area (Å²) in [7, 11) is 0. The minimum Gasteiger partial charge on any atom is -0.485 e. The number of carbonyl (C=O) groups is 2. The monoisotopic (exact) mass is 340 g/mol. The van der Waals surface area contributed by atoms with E-state index in [1.165, 1.54) is 0 Å². The van der Waals surface area contributed by atoms with Gasteiger partial charge in [-0.2, -0.15) is 0 Å². The molecule has 0 heterocycles. The van der Waals surface area contributed by atoms with E-state index in [4.69, 9.17) is 25.8 Å². The zero-order chi connectivity index (χ0) is 17.4. The molecule has 1 unspecified atom stereocenters. The predicted molar refractivity (Wildman–Crippen MR) is 87.9 cm³/mol. The lowest BCUT2D eigenvalue weighted by molar-refractivity contribution is -0.155. The number of benzene rings is 1. The molecule has 1 aromatic carbocycles. The standard InChI is InChI=1S/C17H21ClO5/c1-5-21-17(20)16(11(2)3)23-10-14(19)9-22-15-7-6-13(18)8-12(15)4/h6-8,16H,2,5,9-10H2,1,3-4H3. The molecule has 0 aliphatic carbocycles. The highest BCUT2D eigenvalue weighted by molar-refractivity contribution is 6.30. The number of esters is 1. The third-order valence-electron chi connectivity index (χ3n) is 2.88. The van der Waals surface area contributed by atoms with Gasteiger partial charge >= 0.3 is 5.97 Å². The number of halogens is 1. The van der Waals surface area contributed by atoms with Gasteiger partial charge in [-0.25, -0.2) is 4.79 Å². The molecule has 0 amide bonds. The van der Waals surface area contributed by atoms with Crippen molar-refractivity contribution in [3.63, 3.8) is 0 Å². The van der Waals surface area contributed by atoms with Gasteiger partial charge in [0.25, 0.3) is 0 Å². The molecule has 1 atom stereocenters. The van der Waals surface area contributed by atoms with Crippen LogP contribution in [0.25, 0.3) is 0 Å². The molecule has 0 bridgehead atoms. The van der Waals surface area contributed by atoms with Crippen LogP contribution in [0.3, 0.4) is 0 Å². The van der Waals surface area contributed by atoms with Crippen molar-refractivity contribution in [3.05, 3.63) is 40.9 Å². The SMILES string of the molecule is C=C(C)C(OCC(=O)COc1ccc(Cl)cc1C)C(=O)OCC. The van der Waals surface area contributed by atoms with E-state index in [-0.39, 0.29) is 25.6 Å². The van der Waals surface area contributed by atoms with Gasteiger partial charge in [-0.15, -0.1) is 0 Å². The summed E-state index contributed by atoms with van der Waals surface area (Å²) in [4.78, 5) is 23.5. The zero-order valence-corrected chi connectivity index (χ0v) is 14.3. The van der Waals surface area contributed by atoms with Crippen LogP contribution in [0.4, 0.5) is 0 Å². The minimum absolute atomic E-state index is 0.159. The van der Waals surface area contributed by atoms with Crippen LogP contribution in [0.1, 0.15) is 19.4 Å². The van der Waals surface area contributed by atoms with Crippen LogP contribution < -0.4 is 4.74 Å². The third-order valence-corrected chi connectivity index (χ3v) is 3.12. The number of carbonyl (C=O) groups excluding carboxylic acids is 2. The molecule has 1 rings (SSSR count). The van der Waals surface area contributed by atoms with Crippen molar-refractivity contribution in [1.82, 2.24) is 0 Å². The maximum atomic E-state index is 11.8. The molecule has 0 N–H and O–H groups in total. The smallest absolute Gasteiger partial charge is 0.339 e. The average molecular weight is 341 g/mol. The molecule has 0 aliphatic rings. The van der Waals surface area contributed by atoms with Gasteiger partial charge in [-0.05, 0) is 50.1 Å². The van der Waals surface area contributed by atoms with Crippen molar-refractivity contribution in [2.24, 2.45) is 0 Å². The van der Waals surface area contributed by atoms with E-state index < -0.39 is 12.1 Å². The molecule has 0 aliphatic heterocycles. The van der Waals surface area contributed by atoms with E-state index in [2.05, 4.69) is 6.58 Å². The van der Waals surface area contributed by atoms with E-state index in [0.29, 0.717) is 16.3 Å². The van der Waals surface area contributed by atoms with Gasteiger partial charge in [0.2, 0.25) is 0 Å². The predicted octanol–water partition coefficient (Wildman–Crippen LogP) is 3.12. The Balaban J connectivity index is 2.49. The Morgan fingerprint density at radius 2 is 2.00 bits per heavy atom. The number of rotatable bonds is 9. The van der Waals surface area contributed by atoms with Gasteiger partial charge < -0.3 is 14.2 Å². The highest BCUT2D eigenvalue weighted by Crippen LogP contribution is 2.21. The Morgan fingerprint density at radius 3 is 2.57 bits per heavy atom. The van der Waals surface area contributed by atoms with Crippen molar-refractivity contribution >= 4 is 23.4 Å². The summed E-state index contributed by atoms with van der Waals surface area (Å²) >= 11 is 5.85. The summed E-state index contributed by atoms with van der Waals surface area (Å²) in [5.41, 5.74) is 1.31. The molecule has 0 fully saturated rings. The van der Waals surface area contributed by atoms with Crippen molar-refractivity contribution in [1.29, 1.82) is 0 Å². The highest BCUT2D eigenvalue weighted by atomic mass is 35.5. The second-order valence-corrected chi connectivity index (χ2v) is 5.46. The van der Waals surface area contributed by atoms with Gasteiger partial charge in [0.1, 0.15) is 19.0 Å². The Bertz CT molecular complexity index is 582. The summed E-state index contributed by atoms with van der Waals surface area (Å²) in [5, 5.41) is 0.600. The maximum Gasteiger partial charge on any atom is 0.339 e. The first-order valence-electron chi connectivity index (χ1n) is 7.19. The van der Waals surface area contributed by atoms with Crippen LogP contribution in [0, 0.1) is 6.92 Å². The van der Waals surface area contributed by atoms with Crippen LogP contribution >= 0.6 is 11.6 Å². The van der Waals surface area contributed by atoms with Crippen LogP contribution in [-0.2, 0) is 19.1 Å². The Morgan fingerprint density at radius 1 is 1.30 bits per heavy atom. The number of Topliss-reactive ketones (excluding diaryl/α,β-unsaturated/α-hetero) is 1. The second-order valence-electron chi connectivity index (χ2n) is 5.03.